The predicted molar refractivity (Wildman–Crippen MR) is 101 cm³/mol. The number of rotatable bonds is 5. The molecular weight excluding hydrogens is 326 g/mol. The Morgan fingerprint density at radius 2 is 1.85 bits per heavy atom. The van der Waals surface area contributed by atoms with E-state index >= 15 is 0 Å². The fourth-order valence-corrected chi connectivity index (χ4v) is 3.35. The van der Waals surface area contributed by atoms with Crippen LogP contribution in [0.4, 0.5) is 0 Å². The van der Waals surface area contributed by atoms with E-state index in [4.69, 9.17) is 0 Å². The lowest BCUT2D eigenvalue weighted by molar-refractivity contribution is -0.134. The number of ether oxygens (including phenoxy) is 1. The van der Waals surface area contributed by atoms with Gasteiger partial charge in [0.1, 0.15) is 0 Å². The molecule has 3 rings (SSSR count). The molecule has 134 valence electrons. The molecule has 26 heavy (non-hydrogen) atoms. The maximum absolute atomic E-state index is 12.7. The van der Waals surface area contributed by atoms with Crippen molar-refractivity contribution in [2.75, 3.05) is 13.7 Å². The first kappa shape index (κ1) is 17.9. The minimum absolute atomic E-state index is 0.129. The normalized spacial score (nSPS) is 16.8. The Bertz CT molecular complexity index is 781. The molecule has 0 unspecified atom stereocenters. The van der Waals surface area contributed by atoms with Crippen molar-refractivity contribution in [1.82, 2.24) is 4.90 Å². The number of hydrogen-bond donors (Lipinski definition) is 0. The molecule has 0 radical (unpaired) electrons. The van der Waals surface area contributed by atoms with Crippen LogP contribution in [0.1, 0.15) is 35.6 Å². The Morgan fingerprint density at radius 3 is 2.54 bits per heavy atom. The standard InChI is InChI=1S/C22H23NO3/c1-26-22(25)14-11-17-9-12-19(13-10-17)20-8-5-15-23(20)21(24)16-18-6-3-2-4-7-18/h2-4,6-7,9-14,20H,5,8,15-16H2,1H3/t20-/m0/s1. The average molecular weight is 349 g/mol. The van der Waals surface area contributed by atoms with Gasteiger partial charge in [-0.1, -0.05) is 54.6 Å². The lowest BCUT2D eigenvalue weighted by Crippen LogP contribution is -2.31. The van der Waals surface area contributed by atoms with Crippen LogP contribution in [0.25, 0.3) is 6.08 Å². The van der Waals surface area contributed by atoms with E-state index in [9.17, 15) is 9.59 Å². The third-order valence-corrected chi connectivity index (χ3v) is 4.71. The third kappa shape index (κ3) is 4.39. The molecule has 0 aromatic heterocycles. The summed E-state index contributed by atoms with van der Waals surface area (Å²) in [4.78, 5) is 25.9. The van der Waals surface area contributed by atoms with Crippen molar-refractivity contribution in [2.45, 2.75) is 25.3 Å². The third-order valence-electron chi connectivity index (χ3n) is 4.71. The minimum Gasteiger partial charge on any atom is -0.466 e. The molecular formula is C22H23NO3. The zero-order chi connectivity index (χ0) is 18.4. The Balaban J connectivity index is 1.68. The summed E-state index contributed by atoms with van der Waals surface area (Å²) in [6.45, 7) is 0.806. The quantitative estimate of drug-likeness (QED) is 0.610. The molecule has 0 saturated carbocycles. The van der Waals surface area contributed by atoms with Crippen molar-refractivity contribution < 1.29 is 14.3 Å². The average Bonchev–Trinajstić information content (AvgIpc) is 3.17. The molecule has 4 nitrogen and oxygen atoms in total. The van der Waals surface area contributed by atoms with Crippen LogP contribution >= 0.6 is 0 Å². The van der Waals surface area contributed by atoms with Crippen molar-refractivity contribution in [3.63, 3.8) is 0 Å². The fourth-order valence-electron chi connectivity index (χ4n) is 3.35. The number of amides is 1. The van der Waals surface area contributed by atoms with E-state index in [2.05, 4.69) is 4.74 Å². The highest BCUT2D eigenvalue weighted by atomic mass is 16.5. The van der Waals surface area contributed by atoms with Gasteiger partial charge in [-0.15, -0.1) is 0 Å². The highest BCUT2D eigenvalue weighted by Crippen LogP contribution is 2.32. The monoisotopic (exact) mass is 349 g/mol. The molecule has 0 bridgehead atoms. The highest BCUT2D eigenvalue weighted by molar-refractivity contribution is 5.86. The molecule has 2 aromatic rings. The molecule has 1 aliphatic rings. The second kappa shape index (κ2) is 8.48. The smallest absolute Gasteiger partial charge is 0.330 e. The lowest BCUT2D eigenvalue weighted by atomic mass is 10.0. The summed E-state index contributed by atoms with van der Waals surface area (Å²) >= 11 is 0. The second-order valence-electron chi connectivity index (χ2n) is 6.43. The number of hydrogen-bond acceptors (Lipinski definition) is 3. The SMILES string of the molecule is COC(=O)C=Cc1ccc([C@@H]2CCCN2C(=O)Cc2ccccc2)cc1. The summed E-state index contributed by atoms with van der Waals surface area (Å²) in [5.74, 6) is -0.198. The molecule has 1 atom stereocenters. The molecule has 0 N–H and O–H groups in total. The summed E-state index contributed by atoms with van der Waals surface area (Å²) in [5, 5.41) is 0. The van der Waals surface area contributed by atoms with E-state index in [0.717, 1.165) is 36.1 Å². The number of carbonyl (C=O) groups is 2. The van der Waals surface area contributed by atoms with Gasteiger partial charge >= 0.3 is 5.97 Å². The van der Waals surface area contributed by atoms with E-state index in [1.54, 1.807) is 6.08 Å². The number of benzene rings is 2. The van der Waals surface area contributed by atoms with Crippen molar-refractivity contribution in [3.05, 3.63) is 77.4 Å². The first-order valence-electron chi connectivity index (χ1n) is 8.87. The van der Waals surface area contributed by atoms with Crippen LogP contribution in [0.3, 0.4) is 0 Å². The van der Waals surface area contributed by atoms with Crippen LogP contribution in [0.2, 0.25) is 0 Å². The predicted octanol–water partition coefficient (Wildman–Crippen LogP) is 3.78. The summed E-state index contributed by atoms with van der Waals surface area (Å²) in [6, 6.07) is 18.0. The van der Waals surface area contributed by atoms with Gasteiger partial charge in [-0.2, -0.15) is 0 Å². The van der Waals surface area contributed by atoms with Gasteiger partial charge < -0.3 is 9.64 Å². The summed E-state index contributed by atoms with van der Waals surface area (Å²) < 4.78 is 4.60. The zero-order valence-electron chi connectivity index (χ0n) is 14.9. The van der Waals surface area contributed by atoms with Gasteiger partial charge in [0, 0.05) is 12.6 Å². The van der Waals surface area contributed by atoms with Gasteiger partial charge in [0.15, 0.2) is 0 Å². The zero-order valence-corrected chi connectivity index (χ0v) is 14.9. The fraction of sp³-hybridized carbons (Fsp3) is 0.273. The second-order valence-corrected chi connectivity index (χ2v) is 6.43. The first-order valence-corrected chi connectivity index (χ1v) is 8.87. The molecule has 1 amide bonds. The topological polar surface area (TPSA) is 46.6 Å². The molecule has 0 aliphatic carbocycles. The van der Waals surface area contributed by atoms with E-state index in [1.807, 2.05) is 59.5 Å². The molecule has 1 aliphatic heterocycles. The first-order chi connectivity index (χ1) is 12.7. The molecule has 0 spiro atoms. The maximum atomic E-state index is 12.7. The maximum Gasteiger partial charge on any atom is 0.330 e. The van der Waals surface area contributed by atoms with Crippen LogP contribution < -0.4 is 0 Å². The van der Waals surface area contributed by atoms with Gasteiger partial charge in [0.25, 0.3) is 0 Å². The summed E-state index contributed by atoms with van der Waals surface area (Å²) in [7, 11) is 1.36. The van der Waals surface area contributed by atoms with Crippen molar-refractivity contribution in [2.24, 2.45) is 0 Å². The van der Waals surface area contributed by atoms with Crippen LogP contribution in [0.15, 0.2) is 60.7 Å². The minimum atomic E-state index is -0.373. The van der Waals surface area contributed by atoms with Crippen LogP contribution in [-0.2, 0) is 20.7 Å². The molecule has 1 saturated heterocycles. The van der Waals surface area contributed by atoms with Crippen LogP contribution in [0, 0.1) is 0 Å². The molecule has 1 heterocycles. The lowest BCUT2D eigenvalue weighted by Gasteiger charge is -2.25. The van der Waals surface area contributed by atoms with Gasteiger partial charge in [-0.05, 0) is 35.6 Å². The Hall–Kier alpha value is -2.88. The van der Waals surface area contributed by atoms with Crippen molar-refractivity contribution >= 4 is 18.0 Å². The molecule has 4 heteroatoms. The van der Waals surface area contributed by atoms with Gasteiger partial charge in [0.2, 0.25) is 5.91 Å². The van der Waals surface area contributed by atoms with Crippen LogP contribution in [0.5, 0.6) is 0 Å². The number of nitrogens with zero attached hydrogens (tertiary/aromatic N) is 1. The number of carbonyl (C=O) groups excluding carboxylic acids is 2. The van der Waals surface area contributed by atoms with Crippen molar-refractivity contribution in [1.29, 1.82) is 0 Å². The van der Waals surface area contributed by atoms with Gasteiger partial charge in [0.05, 0.1) is 19.6 Å². The number of esters is 1. The van der Waals surface area contributed by atoms with Gasteiger partial charge in [-0.25, -0.2) is 4.79 Å². The van der Waals surface area contributed by atoms with E-state index in [-0.39, 0.29) is 17.9 Å². The van der Waals surface area contributed by atoms with Gasteiger partial charge in [-0.3, -0.25) is 4.79 Å². The summed E-state index contributed by atoms with van der Waals surface area (Å²) in [5.41, 5.74) is 3.12. The Morgan fingerprint density at radius 1 is 1.12 bits per heavy atom. The van der Waals surface area contributed by atoms with E-state index in [0.29, 0.717) is 6.42 Å². The molecule has 1 fully saturated rings. The Labute approximate surface area is 154 Å². The van der Waals surface area contributed by atoms with E-state index < -0.39 is 0 Å². The number of likely N-dealkylation sites (tertiary alicyclic amines) is 1. The van der Waals surface area contributed by atoms with Crippen molar-refractivity contribution in [3.8, 4) is 0 Å². The molecule has 2 aromatic carbocycles. The highest BCUT2D eigenvalue weighted by Gasteiger charge is 2.29. The number of methoxy groups -OCH3 is 1. The summed E-state index contributed by atoms with van der Waals surface area (Å²) in [6.07, 6.45) is 5.58. The van der Waals surface area contributed by atoms with E-state index in [1.165, 1.54) is 13.2 Å². The Kier molecular flexibility index (Phi) is 5.84. The van der Waals surface area contributed by atoms with Crippen LogP contribution in [-0.4, -0.2) is 30.4 Å². The largest absolute Gasteiger partial charge is 0.466 e.